The second-order valence-corrected chi connectivity index (χ2v) is 8.56. The Morgan fingerprint density at radius 1 is 1.15 bits per heavy atom. The van der Waals surface area contributed by atoms with Gasteiger partial charge in [-0.3, -0.25) is 4.79 Å². The van der Waals surface area contributed by atoms with Crippen molar-refractivity contribution in [2.75, 3.05) is 10.2 Å². The van der Waals surface area contributed by atoms with Crippen molar-refractivity contribution < 1.29 is 19.1 Å². The van der Waals surface area contributed by atoms with Gasteiger partial charge >= 0.3 is 6.09 Å². The minimum absolute atomic E-state index is 0.0508. The Kier molecular flexibility index (Phi) is 4.18. The van der Waals surface area contributed by atoms with Gasteiger partial charge in [0, 0.05) is 12.8 Å². The van der Waals surface area contributed by atoms with Crippen LogP contribution in [0.3, 0.4) is 0 Å². The molecule has 1 aromatic rings. The smallest absolute Gasteiger partial charge is 0.418 e. The van der Waals surface area contributed by atoms with Crippen molar-refractivity contribution >= 4 is 23.3 Å². The molecule has 6 heteroatoms. The number of hydrogen-bond donors (Lipinski definition) is 1. The molecule has 3 aliphatic rings. The summed E-state index contributed by atoms with van der Waals surface area (Å²) in [6, 6.07) is 7.63. The molecule has 2 aliphatic carbocycles. The van der Waals surface area contributed by atoms with Gasteiger partial charge in [0.15, 0.2) is 0 Å². The molecule has 1 N–H and O–H groups in total. The van der Waals surface area contributed by atoms with Gasteiger partial charge in [0.1, 0.15) is 11.4 Å². The first-order valence-corrected chi connectivity index (χ1v) is 9.35. The molecular formula is C20H26N2O4. The maximum Gasteiger partial charge on any atom is 0.418 e. The van der Waals surface area contributed by atoms with Crippen LogP contribution in [0.2, 0.25) is 0 Å². The molecule has 6 nitrogen and oxygen atoms in total. The number of carbonyl (C=O) groups excluding carboxylic acids is 2. The Morgan fingerprint density at radius 2 is 1.81 bits per heavy atom. The van der Waals surface area contributed by atoms with Crippen molar-refractivity contribution in [1.29, 1.82) is 0 Å². The quantitative estimate of drug-likeness (QED) is 0.868. The SMILES string of the molecule is CC(C)(C)OC(=O)N1c2ccccc2NC1O[C@H]1CC2CC(=O)C[C@H]2C1. The minimum atomic E-state index is -0.582. The lowest BCUT2D eigenvalue weighted by Gasteiger charge is -2.30. The van der Waals surface area contributed by atoms with E-state index in [0.717, 1.165) is 24.2 Å². The van der Waals surface area contributed by atoms with Crippen LogP contribution in [-0.4, -0.2) is 29.9 Å². The molecule has 140 valence electrons. The third kappa shape index (κ3) is 3.30. The van der Waals surface area contributed by atoms with Crippen LogP contribution in [0, 0.1) is 11.8 Å². The van der Waals surface area contributed by atoms with Crippen molar-refractivity contribution in [3.8, 4) is 0 Å². The number of carbonyl (C=O) groups is 2. The summed E-state index contributed by atoms with van der Waals surface area (Å²) in [5, 5.41) is 3.29. The monoisotopic (exact) mass is 358 g/mol. The van der Waals surface area contributed by atoms with E-state index in [0.29, 0.717) is 30.5 Å². The molecule has 0 saturated heterocycles. The van der Waals surface area contributed by atoms with Crippen molar-refractivity contribution in [3.05, 3.63) is 24.3 Å². The van der Waals surface area contributed by atoms with Gasteiger partial charge in [0.25, 0.3) is 0 Å². The number of para-hydroxylation sites is 2. The molecule has 0 bridgehead atoms. The zero-order valence-corrected chi connectivity index (χ0v) is 15.5. The van der Waals surface area contributed by atoms with E-state index in [9.17, 15) is 9.59 Å². The Morgan fingerprint density at radius 3 is 2.46 bits per heavy atom. The first-order valence-electron chi connectivity index (χ1n) is 9.35. The van der Waals surface area contributed by atoms with Gasteiger partial charge in [-0.15, -0.1) is 0 Å². The summed E-state index contributed by atoms with van der Waals surface area (Å²) in [7, 11) is 0. The lowest BCUT2D eigenvalue weighted by Crippen LogP contribution is -2.46. The number of amides is 1. The van der Waals surface area contributed by atoms with Crippen molar-refractivity contribution in [3.63, 3.8) is 0 Å². The maximum atomic E-state index is 12.8. The van der Waals surface area contributed by atoms with Gasteiger partial charge in [0.2, 0.25) is 6.35 Å². The van der Waals surface area contributed by atoms with Gasteiger partial charge in [0.05, 0.1) is 17.5 Å². The number of ketones is 1. The molecule has 1 heterocycles. The van der Waals surface area contributed by atoms with E-state index in [1.807, 2.05) is 45.0 Å². The maximum absolute atomic E-state index is 12.8. The highest BCUT2D eigenvalue weighted by Crippen LogP contribution is 2.45. The van der Waals surface area contributed by atoms with Crippen molar-refractivity contribution in [1.82, 2.24) is 0 Å². The fourth-order valence-corrected chi connectivity index (χ4v) is 4.35. The van der Waals surface area contributed by atoms with E-state index in [4.69, 9.17) is 9.47 Å². The molecule has 26 heavy (non-hydrogen) atoms. The molecular weight excluding hydrogens is 332 g/mol. The van der Waals surface area contributed by atoms with Gasteiger partial charge in [-0.25, -0.2) is 9.69 Å². The molecule has 1 aromatic carbocycles. The highest BCUT2D eigenvalue weighted by Gasteiger charge is 2.44. The minimum Gasteiger partial charge on any atom is -0.443 e. The van der Waals surface area contributed by atoms with Crippen LogP contribution in [0.15, 0.2) is 24.3 Å². The van der Waals surface area contributed by atoms with Crippen LogP contribution in [0.4, 0.5) is 16.2 Å². The predicted molar refractivity (Wildman–Crippen MR) is 97.9 cm³/mol. The van der Waals surface area contributed by atoms with Crippen LogP contribution in [0.1, 0.15) is 46.5 Å². The zero-order valence-electron chi connectivity index (χ0n) is 15.5. The molecule has 0 radical (unpaired) electrons. The Balaban J connectivity index is 1.50. The Labute approximate surface area is 153 Å². The third-order valence-corrected chi connectivity index (χ3v) is 5.37. The van der Waals surface area contributed by atoms with E-state index in [-0.39, 0.29) is 6.10 Å². The van der Waals surface area contributed by atoms with Gasteiger partial charge in [-0.05, 0) is 57.6 Å². The van der Waals surface area contributed by atoms with Gasteiger partial charge < -0.3 is 14.8 Å². The first kappa shape index (κ1) is 17.3. The first-order chi connectivity index (χ1) is 12.3. The highest BCUT2D eigenvalue weighted by molar-refractivity contribution is 5.96. The standard InChI is InChI=1S/C20H26N2O4/c1-20(2,3)26-19(24)22-17-7-5-4-6-16(17)21-18(22)25-15-10-12-8-14(23)9-13(12)11-15/h4-7,12-13,15,18,21H,8-11H2,1-3H3/t12-,13?,15+,18?/m0/s1. The fraction of sp³-hybridized carbons (Fsp3) is 0.600. The number of nitrogens with one attached hydrogen (secondary N) is 1. The summed E-state index contributed by atoms with van der Waals surface area (Å²) >= 11 is 0. The van der Waals surface area contributed by atoms with Crippen LogP contribution >= 0.6 is 0 Å². The molecule has 0 aromatic heterocycles. The predicted octanol–water partition coefficient (Wildman–Crippen LogP) is 3.91. The lowest BCUT2D eigenvalue weighted by atomic mass is 10.0. The largest absolute Gasteiger partial charge is 0.443 e. The molecule has 2 fully saturated rings. The van der Waals surface area contributed by atoms with Gasteiger partial charge in [-0.2, -0.15) is 0 Å². The van der Waals surface area contributed by atoms with Crippen molar-refractivity contribution in [2.45, 2.75) is 64.5 Å². The zero-order chi connectivity index (χ0) is 18.5. The molecule has 0 spiro atoms. The molecule has 1 aliphatic heterocycles. The molecule has 2 unspecified atom stereocenters. The summed E-state index contributed by atoms with van der Waals surface area (Å²) in [6.45, 7) is 5.56. The molecule has 4 rings (SSSR count). The van der Waals surface area contributed by atoms with E-state index in [1.54, 1.807) is 4.90 Å². The van der Waals surface area contributed by atoms with E-state index < -0.39 is 18.0 Å². The average molecular weight is 358 g/mol. The summed E-state index contributed by atoms with van der Waals surface area (Å²) in [5.41, 5.74) is 1.04. The average Bonchev–Trinajstić information content (AvgIpc) is 3.15. The number of nitrogens with zero attached hydrogens (tertiary/aromatic N) is 1. The van der Waals surface area contributed by atoms with E-state index in [2.05, 4.69) is 5.32 Å². The number of fused-ring (bicyclic) bond motifs is 2. The Bertz CT molecular complexity index is 711. The van der Waals surface area contributed by atoms with Gasteiger partial charge in [-0.1, -0.05) is 12.1 Å². The van der Waals surface area contributed by atoms with Crippen LogP contribution in [0.5, 0.6) is 0 Å². The lowest BCUT2D eigenvalue weighted by molar-refractivity contribution is -0.118. The number of ether oxygens (including phenoxy) is 2. The number of Topliss-reactive ketones (excluding diaryl/α,β-unsaturated/α-hetero) is 1. The van der Waals surface area contributed by atoms with Crippen LogP contribution < -0.4 is 10.2 Å². The summed E-state index contributed by atoms with van der Waals surface area (Å²) in [5.74, 6) is 1.25. The molecule has 4 atom stereocenters. The van der Waals surface area contributed by atoms with Crippen LogP contribution in [0.25, 0.3) is 0 Å². The normalized spacial score (nSPS) is 30.1. The number of hydrogen-bond acceptors (Lipinski definition) is 5. The second-order valence-electron chi connectivity index (χ2n) is 8.56. The summed E-state index contributed by atoms with van der Waals surface area (Å²) in [6.07, 6.45) is 2.17. The van der Waals surface area contributed by atoms with Crippen LogP contribution in [-0.2, 0) is 14.3 Å². The van der Waals surface area contributed by atoms with Crippen molar-refractivity contribution in [2.24, 2.45) is 11.8 Å². The fourth-order valence-electron chi connectivity index (χ4n) is 4.35. The summed E-state index contributed by atoms with van der Waals surface area (Å²) < 4.78 is 11.9. The Hall–Kier alpha value is -2.08. The number of benzene rings is 1. The number of anilines is 2. The topological polar surface area (TPSA) is 67.9 Å². The highest BCUT2D eigenvalue weighted by atomic mass is 16.6. The third-order valence-electron chi connectivity index (χ3n) is 5.37. The molecule has 1 amide bonds. The van der Waals surface area contributed by atoms with E-state index >= 15 is 0 Å². The summed E-state index contributed by atoms with van der Waals surface area (Å²) in [4.78, 5) is 25.9. The number of rotatable bonds is 2. The second kappa shape index (κ2) is 6.27. The molecule has 2 saturated carbocycles. The van der Waals surface area contributed by atoms with E-state index in [1.165, 1.54) is 0 Å².